The van der Waals surface area contributed by atoms with Crippen molar-refractivity contribution in [2.75, 3.05) is 63.3 Å². The number of nitrogens with zero attached hydrogens (tertiary/aromatic N) is 4. The number of hydrogen-bond acceptors (Lipinski definition) is 8. The van der Waals surface area contributed by atoms with Crippen LogP contribution in [-0.4, -0.2) is 79.8 Å². The van der Waals surface area contributed by atoms with Crippen molar-refractivity contribution in [3.05, 3.63) is 107 Å². The number of hydrogen-bond donors (Lipinski definition) is 2. The lowest BCUT2D eigenvalue weighted by atomic mass is 10.0. The Labute approximate surface area is 308 Å². The fourth-order valence-electron chi connectivity index (χ4n) is 5.99. The van der Waals surface area contributed by atoms with Crippen LogP contribution in [0.5, 0.6) is 0 Å². The molecule has 2 N–H and O–H groups in total. The Morgan fingerprint density at radius 1 is 0.887 bits per heavy atom. The Balaban J connectivity index is 1.30. The van der Waals surface area contributed by atoms with E-state index in [2.05, 4.69) is 37.3 Å². The highest BCUT2D eigenvalue weighted by molar-refractivity contribution is 6.05. The zero-order valence-electron chi connectivity index (χ0n) is 30.3. The smallest absolute Gasteiger partial charge is 0.379 e. The molecule has 10 nitrogen and oxygen atoms in total. The van der Waals surface area contributed by atoms with E-state index in [-0.39, 0.29) is 17.8 Å². The summed E-state index contributed by atoms with van der Waals surface area (Å²) in [6.07, 6.45) is 1.31. The monoisotopic (exact) mass is 732 g/mol. The van der Waals surface area contributed by atoms with Gasteiger partial charge in [0.1, 0.15) is 5.69 Å². The molecule has 2 amide bonds. The van der Waals surface area contributed by atoms with E-state index >= 15 is 0 Å². The summed E-state index contributed by atoms with van der Waals surface area (Å²) >= 11 is 0. The van der Waals surface area contributed by atoms with Crippen molar-refractivity contribution >= 4 is 23.2 Å². The number of likely N-dealkylation sites (N-methyl/N-ethyl adjacent to an activating group) is 1. The van der Waals surface area contributed by atoms with Gasteiger partial charge in [-0.1, -0.05) is 25.1 Å². The van der Waals surface area contributed by atoms with E-state index in [1.165, 1.54) is 30.8 Å². The van der Waals surface area contributed by atoms with Gasteiger partial charge in [0, 0.05) is 62.3 Å². The second-order valence-corrected chi connectivity index (χ2v) is 13.0. The van der Waals surface area contributed by atoms with E-state index in [1.807, 2.05) is 31.3 Å². The molecular formula is C40H47F3N6O4. The van der Waals surface area contributed by atoms with E-state index in [0.717, 1.165) is 62.5 Å². The van der Waals surface area contributed by atoms with Crippen LogP contribution in [0.4, 0.5) is 24.5 Å². The number of carbonyl (C=O) groups excluding carboxylic acids is 2. The van der Waals surface area contributed by atoms with Crippen LogP contribution in [-0.2, 0) is 28.7 Å². The van der Waals surface area contributed by atoms with E-state index < -0.39 is 23.6 Å². The van der Waals surface area contributed by atoms with Gasteiger partial charge < -0.3 is 25.0 Å². The number of halogens is 3. The predicted molar refractivity (Wildman–Crippen MR) is 199 cm³/mol. The second-order valence-electron chi connectivity index (χ2n) is 13.0. The average Bonchev–Trinajstić information content (AvgIpc) is 3.17. The molecule has 2 aromatic heterocycles. The van der Waals surface area contributed by atoms with Gasteiger partial charge in [-0.25, -0.2) is 4.98 Å². The molecule has 1 aliphatic rings. The van der Waals surface area contributed by atoms with Crippen LogP contribution in [0.3, 0.4) is 0 Å². The topological polar surface area (TPSA) is 109 Å². The van der Waals surface area contributed by atoms with Crippen LogP contribution in [0, 0.1) is 0 Å². The Kier molecular flexibility index (Phi) is 14.3. The largest absolute Gasteiger partial charge is 0.416 e. The molecule has 5 rings (SSSR count). The number of alkyl halides is 3. The quantitative estimate of drug-likeness (QED) is 0.110. The van der Waals surface area contributed by atoms with Crippen molar-refractivity contribution < 1.29 is 32.2 Å². The molecule has 282 valence electrons. The van der Waals surface area contributed by atoms with Crippen molar-refractivity contribution in [2.24, 2.45) is 0 Å². The lowest BCUT2D eigenvalue weighted by Gasteiger charge is -2.29. The Bertz CT molecular complexity index is 1820. The normalized spacial score (nSPS) is 13.3. The van der Waals surface area contributed by atoms with Crippen molar-refractivity contribution in [3.8, 4) is 11.3 Å². The number of aromatic nitrogens is 2. The average molecular weight is 733 g/mol. The molecule has 0 aliphatic carbocycles. The van der Waals surface area contributed by atoms with Gasteiger partial charge in [0.25, 0.3) is 11.8 Å². The zero-order valence-corrected chi connectivity index (χ0v) is 30.3. The Morgan fingerprint density at radius 3 is 2.43 bits per heavy atom. The number of anilines is 2. The molecule has 0 radical (unpaired) electrons. The minimum Gasteiger partial charge on any atom is -0.379 e. The van der Waals surface area contributed by atoms with Crippen LogP contribution in [0.15, 0.2) is 79.0 Å². The summed E-state index contributed by atoms with van der Waals surface area (Å²) in [7, 11) is 1.97. The van der Waals surface area contributed by atoms with Crippen molar-refractivity contribution in [1.29, 1.82) is 0 Å². The molecule has 0 unspecified atom stereocenters. The predicted octanol–water partition coefficient (Wildman–Crippen LogP) is 7.21. The van der Waals surface area contributed by atoms with Gasteiger partial charge in [0.05, 0.1) is 42.5 Å². The van der Waals surface area contributed by atoms with Crippen LogP contribution in [0.25, 0.3) is 11.3 Å². The third-order valence-electron chi connectivity index (χ3n) is 8.79. The molecule has 13 heteroatoms. The number of nitrogens with one attached hydrogen (secondary N) is 2. The molecule has 1 aliphatic heterocycles. The highest BCUT2D eigenvalue weighted by Crippen LogP contribution is 2.33. The van der Waals surface area contributed by atoms with E-state index in [1.54, 1.807) is 18.2 Å². The molecule has 0 saturated carbocycles. The minimum atomic E-state index is -4.48. The Hall–Kier alpha value is -4.85. The molecule has 0 spiro atoms. The molecule has 3 heterocycles. The Morgan fingerprint density at radius 2 is 1.66 bits per heavy atom. The SMILES string of the molecule is CCCOCCOCCN(C)Cc1cccc(C(=O)Nc2ccc(N3CCCCC3)cc2-c2cc(C(=O)NCc3cccc(C(F)(F)F)c3)ccn2)n1. The molecule has 1 fully saturated rings. The van der Waals surface area contributed by atoms with Crippen LogP contribution in [0.1, 0.15) is 70.3 Å². The summed E-state index contributed by atoms with van der Waals surface area (Å²) in [5.74, 6) is -0.866. The lowest BCUT2D eigenvalue weighted by molar-refractivity contribution is -0.137. The van der Waals surface area contributed by atoms with Crippen LogP contribution < -0.4 is 15.5 Å². The fourth-order valence-corrected chi connectivity index (χ4v) is 5.99. The lowest BCUT2D eigenvalue weighted by Crippen LogP contribution is -2.29. The molecule has 0 bridgehead atoms. The number of rotatable bonds is 17. The molecule has 1 saturated heterocycles. The second kappa shape index (κ2) is 19.3. The summed E-state index contributed by atoms with van der Waals surface area (Å²) in [6, 6.07) is 19.1. The van der Waals surface area contributed by atoms with Crippen molar-refractivity contribution in [3.63, 3.8) is 0 Å². The summed E-state index contributed by atoms with van der Waals surface area (Å²) in [5.41, 5.74) is 3.34. The molecular weight excluding hydrogens is 685 g/mol. The van der Waals surface area contributed by atoms with Gasteiger partial charge in [-0.15, -0.1) is 0 Å². The van der Waals surface area contributed by atoms with E-state index in [4.69, 9.17) is 9.47 Å². The maximum atomic E-state index is 13.6. The van der Waals surface area contributed by atoms with Crippen LogP contribution in [0.2, 0.25) is 0 Å². The summed E-state index contributed by atoms with van der Waals surface area (Å²) < 4.78 is 50.7. The van der Waals surface area contributed by atoms with Gasteiger partial charge in [-0.3, -0.25) is 19.5 Å². The molecule has 0 atom stereocenters. The summed E-state index contributed by atoms with van der Waals surface area (Å²) in [4.78, 5) is 40.4. The zero-order chi connectivity index (χ0) is 37.6. The van der Waals surface area contributed by atoms with Crippen molar-refractivity contribution in [1.82, 2.24) is 20.2 Å². The maximum absolute atomic E-state index is 13.6. The first kappa shape index (κ1) is 39.4. The van der Waals surface area contributed by atoms with Crippen LogP contribution >= 0.6 is 0 Å². The highest BCUT2D eigenvalue weighted by atomic mass is 19.4. The first-order chi connectivity index (χ1) is 25.6. The third kappa shape index (κ3) is 11.8. The van der Waals surface area contributed by atoms with Gasteiger partial charge in [0.2, 0.25) is 0 Å². The van der Waals surface area contributed by atoms with E-state index in [0.29, 0.717) is 55.4 Å². The van der Waals surface area contributed by atoms with E-state index in [9.17, 15) is 22.8 Å². The first-order valence-corrected chi connectivity index (χ1v) is 18.0. The maximum Gasteiger partial charge on any atom is 0.416 e. The third-order valence-corrected chi connectivity index (χ3v) is 8.79. The van der Waals surface area contributed by atoms with Gasteiger partial charge in [-0.2, -0.15) is 13.2 Å². The standard InChI is InChI=1S/C40H47F3N6O4/c1-3-20-52-22-23-53-21-19-48(2)28-32-11-8-12-36(46-32)39(51)47-35-14-13-33(49-17-5-4-6-18-49)26-34(35)37-25-30(15-16-44-37)38(50)45-27-29-9-7-10-31(24-29)40(41,42)43/h7-16,24-26H,3-6,17-23,27-28H2,1-2H3,(H,45,50)(H,47,51). The van der Waals surface area contributed by atoms with Gasteiger partial charge in [-0.05, 0) is 92.9 Å². The number of piperidine rings is 1. The summed E-state index contributed by atoms with van der Waals surface area (Å²) in [6.45, 7) is 7.39. The number of benzene rings is 2. The number of amides is 2. The number of pyridine rings is 2. The summed E-state index contributed by atoms with van der Waals surface area (Å²) in [5, 5.41) is 5.72. The minimum absolute atomic E-state index is 0.0870. The van der Waals surface area contributed by atoms with Gasteiger partial charge in [0.15, 0.2) is 0 Å². The van der Waals surface area contributed by atoms with Crippen molar-refractivity contribution in [2.45, 2.75) is 51.9 Å². The van der Waals surface area contributed by atoms with Gasteiger partial charge >= 0.3 is 6.18 Å². The highest BCUT2D eigenvalue weighted by Gasteiger charge is 2.30. The number of ether oxygens (including phenoxy) is 2. The molecule has 2 aromatic carbocycles. The molecule has 4 aromatic rings. The first-order valence-electron chi connectivity index (χ1n) is 18.0. The number of carbonyl (C=O) groups is 2. The molecule has 53 heavy (non-hydrogen) atoms. The fraction of sp³-hybridized carbons (Fsp3) is 0.400.